The fourth-order valence-corrected chi connectivity index (χ4v) is 3.79. The third-order valence-electron chi connectivity index (χ3n) is 3.41. The van der Waals surface area contributed by atoms with E-state index in [0.717, 1.165) is 21.4 Å². The van der Waals surface area contributed by atoms with Crippen LogP contribution in [-0.2, 0) is 19.5 Å². The maximum absolute atomic E-state index is 6.29. The first kappa shape index (κ1) is 20.0. The minimum atomic E-state index is -0.170. The monoisotopic (exact) mass is 572 g/mol. The summed E-state index contributed by atoms with van der Waals surface area (Å²) >= 11 is 19.5. The summed E-state index contributed by atoms with van der Waals surface area (Å²) < 4.78 is 1.59. The minimum Gasteiger partial charge on any atom is -0.259 e. The van der Waals surface area contributed by atoms with Crippen LogP contribution in [0.5, 0.6) is 0 Å². The van der Waals surface area contributed by atoms with Gasteiger partial charge in [0.1, 0.15) is 0 Å². The van der Waals surface area contributed by atoms with Crippen LogP contribution in [-0.4, -0.2) is 9.97 Å². The first-order valence-corrected chi connectivity index (χ1v) is 9.08. The van der Waals surface area contributed by atoms with Crippen LogP contribution in [0.25, 0.3) is 0 Å². The molecule has 124 valence electrons. The molecular formula is C17H10Br2Cl2N2Ru. The molecule has 2 nitrogen and oxygen atoms in total. The third-order valence-corrected chi connectivity index (χ3v) is 5.89. The van der Waals surface area contributed by atoms with Gasteiger partial charge in [0.2, 0.25) is 0 Å². The molecule has 2 aromatic heterocycles. The van der Waals surface area contributed by atoms with Gasteiger partial charge in [-0.2, -0.15) is 0 Å². The van der Waals surface area contributed by atoms with Crippen LogP contribution in [0.2, 0.25) is 10.0 Å². The summed E-state index contributed by atoms with van der Waals surface area (Å²) in [6, 6.07) is 13.9. The molecule has 0 aliphatic carbocycles. The molecule has 0 fully saturated rings. The molecule has 0 spiro atoms. The SMILES string of the molecule is Clc1cnc(C(c2ccccc2)c2ncccc2Br)c(Br)c1Cl.[Ru]. The topological polar surface area (TPSA) is 25.8 Å². The number of hydrogen-bond acceptors (Lipinski definition) is 2. The normalized spacial score (nSPS) is 11.7. The van der Waals surface area contributed by atoms with Gasteiger partial charge in [-0.15, -0.1) is 0 Å². The van der Waals surface area contributed by atoms with Crippen molar-refractivity contribution < 1.29 is 19.5 Å². The summed E-state index contributed by atoms with van der Waals surface area (Å²) in [5.41, 5.74) is 2.70. The van der Waals surface area contributed by atoms with E-state index in [1.54, 1.807) is 12.4 Å². The van der Waals surface area contributed by atoms with Crippen LogP contribution in [0.15, 0.2) is 63.8 Å². The van der Waals surface area contributed by atoms with Crippen molar-refractivity contribution in [2.75, 3.05) is 0 Å². The zero-order valence-electron chi connectivity index (χ0n) is 12.0. The molecule has 1 aromatic carbocycles. The third kappa shape index (κ3) is 4.08. The van der Waals surface area contributed by atoms with Crippen molar-refractivity contribution in [1.82, 2.24) is 9.97 Å². The average Bonchev–Trinajstić information content (AvgIpc) is 2.57. The molecule has 1 atom stereocenters. The van der Waals surface area contributed by atoms with Crippen LogP contribution in [0.1, 0.15) is 22.9 Å². The molecule has 3 aromatic rings. The minimum absolute atomic E-state index is 0. The van der Waals surface area contributed by atoms with Gasteiger partial charge in [-0.25, -0.2) is 0 Å². The summed E-state index contributed by atoms with van der Waals surface area (Å²) in [6.07, 6.45) is 3.33. The standard InChI is InChI=1S/C17H10Br2Cl2N2.Ru/c18-11-7-4-8-22-16(11)13(10-5-2-1-3-6-10)17-14(19)15(21)12(20)9-23-17;/h1-9,13H;. The van der Waals surface area contributed by atoms with Crippen LogP contribution in [0.4, 0.5) is 0 Å². The molecule has 0 bridgehead atoms. The van der Waals surface area contributed by atoms with Crippen molar-refractivity contribution in [3.05, 3.63) is 90.8 Å². The maximum Gasteiger partial charge on any atom is 0.0787 e. The number of aromatic nitrogens is 2. The number of rotatable bonds is 3. The molecule has 24 heavy (non-hydrogen) atoms. The largest absolute Gasteiger partial charge is 0.259 e. The second kappa shape index (κ2) is 8.87. The molecule has 0 aliphatic rings. The summed E-state index contributed by atoms with van der Waals surface area (Å²) in [5.74, 6) is -0.170. The van der Waals surface area contributed by atoms with Gasteiger partial charge in [0, 0.05) is 36.3 Å². The second-order valence-corrected chi connectivity index (χ2v) is 7.27. The fraction of sp³-hybridized carbons (Fsp3) is 0.0588. The molecule has 2 heterocycles. The molecule has 0 radical (unpaired) electrons. The zero-order chi connectivity index (χ0) is 16.4. The molecule has 0 amide bonds. The van der Waals surface area contributed by atoms with Gasteiger partial charge in [-0.1, -0.05) is 53.5 Å². The van der Waals surface area contributed by atoms with Crippen molar-refractivity contribution in [2.45, 2.75) is 5.92 Å². The Bertz CT molecular complexity index is 847. The maximum atomic E-state index is 6.29. The van der Waals surface area contributed by atoms with Crippen LogP contribution < -0.4 is 0 Å². The fourth-order valence-electron chi connectivity index (χ4n) is 2.36. The summed E-state index contributed by atoms with van der Waals surface area (Å²) in [7, 11) is 0. The smallest absolute Gasteiger partial charge is 0.0787 e. The van der Waals surface area contributed by atoms with Gasteiger partial charge < -0.3 is 0 Å². The molecule has 0 saturated heterocycles. The second-order valence-electron chi connectivity index (χ2n) is 4.83. The molecule has 0 aliphatic heterocycles. The van der Waals surface area contributed by atoms with E-state index in [1.807, 2.05) is 42.5 Å². The van der Waals surface area contributed by atoms with E-state index in [2.05, 4.69) is 41.8 Å². The van der Waals surface area contributed by atoms with Gasteiger partial charge in [0.25, 0.3) is 0 Å². The Hall–Kier alpha value is -0.317. The predicted molar refractivity (Wildman–Crippen MR) is 101 cm³/mol. The summed E-state index contributed by atoms with van der Waals surface area (Å²) in [5, 5.41) is 0.860. The number of pyridine rings is 2. The van der Waals surface area contributed by atoms with E-state index in [4.69, 9.17) is 23.2 Å². The Balaban J connectivity index is 0.00000208. The van der Waals surface area contributed by atoms with E-state index in [0.29, 0.717) is 14.5 Å². The Labute approximate surface area is 180 Å². The number of hydrogen-bond donors (Lipinski definition) is 0. The first-order chi connectivity index (χ1) is 11.1. The summed E-state index contributed by atoms with van der Waals surface area (Å²) in [6.45, 7) is 0. The van der Waals surface area contributed by atoms with Crippen LogP contribution in [0.3, 0.4) is 0 Å². The molecule has 0 saturated carbocycles. The number of benzene rings is 1. The van der Waals surface area contributed by atoms with Crippen molar-refractivity contribution >= 4 is 55.1 Å². The predicted octanol–water partition coefficient (Wildman–Crippen LogP) is 6.49. The molecule has 0 N–H and O–H groups in total. The molecular weight excluding hydrogens is 564 g/mol. The Morgan fingerprint density at radius 1 is 0.875 bits per heavy atom. The van der Waals surface area contributed by atoms with E-state index < -0.39 is 0 Å². The molecule has 1 unspecified atom stereocenters. The number of halogens is 4. The van der Waals surface area contributed by atoms with Gasteiger partial charge in [-0.3, -0.25) is 9.97 Å². The van der Waals surface area contributed by atoms with Crippen molar-refractivity contribution in [2.24, 2.45) is 0 Å². The van der Waals surface area contributed by atoms with E-state index in [1.165, 1.54) is 0 Å². The van der Waals surface area contributed by atoms with Crippen LogP contribution in [0, 0.1) is 0 Å². The summed E-state index contributed by atoms with van der Waals surface area (Å²) in [4.78, 5) is 9.05. The molecule has 3 rings (SSSR count). The quantitative estimate of drug-likeness (QED) is 0.335. The Morgan fingerprint density at radius 3 is 2.25 bits per heavy atom. The van der Waals surface area contributed by atoms with Gasteiger partial charge in [0.15, 0.2) is 0 Å². The van der Waals surface area contributed by atoms with Gasteiger partial charge in [-0.05, 0) is 49.6 Å². The van der Waals surface area contributed by atoms with Crippen molar-refractivity contribution in [1.29, 1.82) is 0 Å². The Kier molecular flexibility index (Phi) is 7.39. The van der Waals surface area contributed by atoms with Gasteiger partial charge in [0.05, 0.1) is 31.8 Å². The van der Waals surface area contributed by atoms with E-state index in [9.17, 15) is 0 Å². The van der Waals surface area contributed by atoms with Crippen molar-refractivity contribution in [3.8, 4) is 0 Å². The van der Waals surface area contributed by atoms with Crippen LogP contribution >= 0.6 is 55.1 Å². The molecule has 7 heteroatoms. The van der Waals surface area contributed by atoms with E-state index in [-0.39, 0.29) is 25.4 Å². The van der Waals surface area contributed by atoms with E-state index >= 15 is 0 Å². The van der Waals surface area contributed by atoms with Gasteiger partial charge >= 0.3 is 0 Å². The number of nitrogens with zero attached hydrogens (tertiary/aromatic N) is 2. The van der Waals surface area contributed by atoms with Crippen molar-refractivity contribution in [3.63, 3.8) is 0 Å². The first-order valence-electron chi connectivity index (χ1n) is 6.74. The Morgan fingerprint density at radius 2 is 1.58 bits per heavy atom. The average molecular weight is 574 g/mol. The zero-order valence-corrected chi connectivity index (χ0v) is 18.5.